The summed E-state index contributed by atoms with van der Waals surface area (Å²) in [5.41, 5.74) is 0.494. The Kier molecular flexibility index (Phi) is 4.90. The molecule has 0 spiro atoms. The number of piperidine rings is 1. The molecule has 2 heterocycles. The number of amides is 1. The average Bonchev–Trinajstić information content (AvgIpc) is 2.56. The lowest BCUT2D eigenvalue weighted by atomic mass is 9.95. The minimum Gasteiger partial charge on any atom is -0.348 e. The molecule has 1 saturated carbocycles. The van der Waals surface area contributed by atoms with Gasteiger partial charge in [0.15, 0.2) is 0 Å². The number of rotatable bonds is 3. The van der Waals surface area contributed by atoms with Crippen LogP contribution >= 0.6 is 0 Å². The van der Waals surface area contributed by atoms with Crippen LogP contribution in [0.4, 0.5) is 5.95 Å². The van der Waals surface area contributed by atoms with Gasteiger partial charge in [0.25, 0.3) is 5.91 Å². The molecule has 1 saturated heterocycles. The highest BCUT2D eigenvalue weighted by Gasteiger charge is 2.21. The summed E-state index contributed by atoms with van der Waals surface area (Å²) in [6.45, 7) is 4.22. The highest BCUT2D eigenvalue weighted by molar-refractivity contribution is 5.92. The lowest BCUT2D eigenvalue weighted by Crippen LogP contribution is -2.38. The molecule has 1 aliphatic heterocycles. The van der Waals surface area contributed by atoms with E-state index in [0.29, 0.717) is 23.6 Å². The molecule has 0 radical (unpaired) electrons. The predicted molar refractivity (Wildman–Crippen MR) is 87.0 cm³/mol. The molecule has 5 heteroatoms. The molecule has 120 valence electrons. The molecule has 1 aromatic rings. The van der Waals surface area contributed by atoms with Crippen LogP contribution in [0.3, 0.4) is 0 Å². The molecule has 5 nitrogen and oxygen atoms in total. The van der Waals surface area contributed by atoms with E-state index in [1.54, 1.807) is 12.3 Å². The summed E-state index contributed by atoms with van der Waals surface area (Å²) in [4.78, 5) is 23.5. The first kappa shape index (κ1) is 15.3. The zero-order chi connectivity index (χ0) is 15.4. The van der Waals surface area contributed by atoms with Crippen molar-refractivity contribution in [1.82, 2.24) is 15.3 Å². The van der Waals surface area contributed by atoms with Crippen LogP contribution in [0.25, 0.3) is 0 Å². The van der Waals surface area contributed by atoms with Gasteiger partial charge in [-0.05, 0) is 37.7 Å². The quantitative estimate of drug-likeness (QED) is 0.933. The average molecular weight is 302 g/mol. The van der Waals surface area contributed by atoms with E-state index in [0.717, 1.165) is 25.9 Å². The summed E-state index contributed by atoms with van der Waals surface area (Å²) in [5, 5.41) is 3.13. The summed E-state index contributed by atoms with van der Waals surface area (Å²) in [5.74, 6) is 1.31. The molecule has 0 aromatic carbocycles. The molecule has 1 N–H and O–H groups in total. The predicted octanol–water partition coefficient (Wildman–Crippen LogP) is 2.78. The van der Waals surface area contributed by atoms with E-state index in [-0.39, 0.29) is 5.91 Å². The van der Waals surface area contributed by atoms with Crippen molar-refractivity contribution in [2.45, 2.75) is 57.9 Å². The van der Waals surface area contributed by atoms with E-state index in [4.69, 9.17) is 0 Å². The smallest absolute Gasteiger partial charge is 0.270 e. The Bertz CT molecular complexity index is 513. The number of carbonyl (C=O) groups excluding carboxylic acids is 1. The minimum absolute atomic E-state index is 0.0550. The van der Waals surface area contributed by atoms with Crippen molar-refractivity contribution in [2.24, 2.45) is 5.92 Å². The molecule has 2 fully saturated rings. The molecule has 1 unspecified atom stereocenters. The summed E-state index contributed by atoms with van der Waals surface area (Å²) < 4.78 is 0. The summed E-state index contributed by atoms with van der Waals surface area (Å²) >= 11 is 0. The number of nitrogens with zero attached hydrogens (tertiary/aromatic N) is 3. The van der Waals surface area contributed by atoms with Crippen LogP contribution in [0.15, 0.2) is 12.3 Å². The van der Waals surface area contributed by atoms with E-state index in [2.05, 4.69) is 27.1 Å². The molecule has 1 aromatic heterocycles. The van der Waals surface area contributed by atoms with E-state index in [9.17, 15) is 4.79 Å². The number of nitrogens with one attached hydrogen (secondary N) is 1. The Morgan fingerprint density at radius 3 is 2.82 bits per heavy atom. The SMILES string of the molecule is CC1CCCN(c2nccc(C(=O)NC3CCCCC3)n2)C1. The lowest BCUT2D eigenvalue weighted by Gasteiger charge is -2.31. The fourth-order valence-electron chi connectivity index (χ4n) is 3.50. The molecular formula is C17H26N4O. The Labute approximate surface area is 132 Å². The van der Waals surface area contributed by atoms with Gasteiger partial charge >= 0.3 is 0 Å². The summed E-state index contributed by atoms with van der Waals surface area (Å²) in [6.07, 6.45) is 10.0. The molecule has 1 atom stereocenters. The van der Waals surface area contributed by atoms with Crippen LogP contribution in [-0.2, 0) is 0 Å². The van der Waals surface area contributed by atoms with E-state index >= 15 is 0 Å². The fourth-order valence-corrected chi connectivity index (χ4v) is 3.50. The van der Waals surface area contributed by atoms with Crippen molar-refractivity contribution in [2.75, 3.05) is 18.0 Å². The van der Waals surface area contributed by atoms with Gasteiger partial charge in [-0.25, -0.2) is 9.97 Å². The van der Waals surface area contributed by atoms with Gasteiger partial charge in [-0.3, -0.25) is 4.79 Å². The third-order valence-electron chi connectivity index (χ3n) is 4.76. The Morgan fingerprint density at radius 2 is 2.05 bits per heavy atom. The third-order valence-corrected chi connectivity index (χ3v) is 4.76. The molecule has 2 aliphatic rings. The van der Waals surface area contributed by atoms with E-state index in [1.165, 1.54) is 32.1 Å². The second kappa shape index (κ2) is 7.07. The number of hydrogen-bond donors (Lipinski definition) is 1. The Hall–Kier alpha value is -1.65. The summed E-state index contributed by atoms with van der Waals surface area (Å²) in [6, 6.07) is 2.03. The van der Waals surface area contributed by atoms with Gasteiger partial charge in [-0.15, -0.1) is 0 Å². The van der Waals surface area contributed by atoms with Crippen LogP contribution in [-0.4, -0.2) is 35.0 Å². The Morgan fingerprint density at radius 1 is 1.23 bits per heavy atom. The fraction of sp³-hybridized carbons (Fsp3) is 0.706. The van der Waals surface area contributed by atoms with Gasteiger partial charge in [-0.1, -0.05) is 26.2 Å². The third kappa shape index (κ3) is 3.76. The first-order valence-electron chi connectivity index (χ1n) is 8.61. The number of carbonyl (C=O) groups is 1. The van der Waals surface area contributed by atoms with Gasteiger partial charge < -0.3 is 10.2 Å². The zero-order valence-electron chi connectivity index (χ0n) is 13.4. The second-order valence-corrected chi connectivity index (χ2v) is 6.74. The van der Waals surface area contributed by atoms with Crippen LogP contribution in [0.5, 0.6) is 0 Å². The minimum atomic E-state index is -0.0550. The van der Waals surface area contributed by atoms with Gasteiger partial charge in [0, 0.05) is 25.3 Å². The standard InChI is InChI=1S/C17H26N4O/c1-13-6-5-11-21(12-13)17-18-10-9-15(20-17)16(22)19-14-7-3-2-4-8-14/h9-10,13-14H,2-8,11-12H2,1H3,(H,19,22). The number of hydrogen-bond acceptors (Lipinski definition) is 4. The van der Waals surface area contributed by atoms with E-state index < -0.39 is 0 Å². The molecule has 22 heavy (non-hydrogen) atoms. The Balaban J connectivity index is 1.66. The van der Waals surface area contributed by atoms with Crippen molar-refractivity contribution in [3.8, 4) is 0 Å². The molecule has 0 bridgehead atoms. The van der Waals surface area contributed by atoms with Crippen LogP contribution in [0.2, 0.25) is 0 Å². The normalized spacial score (nSPS) is 23.3. The van der Waals surface area contributed by atoms with Crippen molar-refractivity contribution in [3.05, 3.63) is 18.0 Å². The number of aromatic nitrogens is 2. The first-order chi connectivity index (χ1) is 10.7. The van der Waals surface area contributed by atoms with Gasteiger partial charge in [0.2, 0.25) is 5.95 Å². The topological polar surface area (TPSA) is 58.1 Å². The largest absolute Gasteiger partial charge is 0.348 e. The molecule has 3 rings (SSSR count). The number of anilines is 1. The first-order valence-corrected chi connectivity index (χ1v) is 8.61. The van der Waals surface area contributed by atoms with E-state index in [1.807, 2.05) is 0 Å². The molecule has 1 amide bonds. The monoisotopic (exact) mass is 302 g/mol. The van der Waals surface area contributed by atoms with Crippen LogP contribution in [0, 0.1) is 5.92 Å². The molecular weight excluding hydrogens is 276 g/mol. The van der Waals surface area contributed by atoms with Crippen LogP contribution in [0.1, 0.15) is 62.4 Å². The van der Waals surface area contributed by atoms with Crippen molar-refractivity contribution in [3.63, 3.8) is 0 Å². The second-order valence-electron chi connectivity index (χ2n) is 6.74. The maximum atomic E-state index is 12.4. The van der Waals surface area contributed by atoms with Crippen molar-refractivity contribution in [1.29, 1.82) is 0 Å². The highest BCUT2D eigenvalue weighted by atomic mass is 16.1. The van der Waals surface area contributed by atoms with Crippen LogP contribution < -0.4 is 10.2 Å². The van der Waals surface area contributed by atoms with Crippen molar-refractivity contribution < 1.29 is 4.79 Å². The maximum Gasteiger partial charge on any atom is 0.270 e. The highest BCUT2D eigenvalue weighted by Crippen LogP contribution is 2.20. The van der Waals surface area contributed by atoms with Gasteiger partial charge in [0.05, 0.1) is 0 Å². The maximum absolute atomic E-state index is 12.4. The van der Waals surface area contributed by atoms with Gasteiger partial charge in [0.1, 0.15) is 5.69 Å². The zero-order valence-corrected chi connectivity index (χ0v) is 13.4. The lowest BCUT2D eigenvalue weighted by molar-refractivity contribution is 0.0922. The summed E-state index contributed by atoms with van der Waals surface area (Å²) in [7, 11) is 0. The van der Waals surface area contributed by atoms with Gasteiger partial charge in [-0.2, -0.15) is 0 Å². The molecule has 1 aliphatic carbocycles. The van der Waals surface area contributed by atoms with Crippen molar-refractivity contribution >= 4 is 11.9 Å².